The summed E-state index contributed by atoms with van der Waals surface area (Å²) in [4.78, 5) is 0. The Morgan fingerprint density at radius 2 is 1.90 bits per heavy atom. The summed E-state index contributed by atoms with van der Waals surface area (Å²) in [5.41, 5.74) is -0.0460. The normalized spacial score (nSPS) is 45.1. The van der Waals surface area contributed by atoms with Crippen molar-refractivity contribution in [3.63, 3.8) is 0 Å². The first-order chi connectivity index (χ1) is 4.77. The molecule has 0 aromatic carbocycles. The maximum Gasteiger partial charge on any atom is 0.0579 e. The fourth-order valence-electron chi connectivity index (χ4n) is 2.77. The average molecular weight is 130 g/mol. The molecule has 2 aliphatic carbocycles. The summed E-state index contributed by atoms with van der Waals surface area (Å²) < 4.78 is 0. The molecular weight excluding hydrogens is 118 g/mol. The minimum atomic E-state index is -0.0460. The fourth-order valence-corrected chi connectivity index (χ4v) is 2.77. The maximum absolute atomic E-state index is 5.66. The molecule has 2 bridgehead atoms. The molecule has 0 saturated heterocycles. The standard InChI is InChI=1S/C8H12B2/c9-8(10)7-4-5-1-2-6(7)3-5/h5-8H,1-4H2. The van der Waals surface area contributed by atoms with Crippen LogP contribution in [0.1, 0.15) is 25.7 Å². The highest BCUT2D eigenvalue weighted by Crippen LogP contribution is 2.51. The first kappa shape index (κ1) is 6.82. The molecule has 2 rings (SSSR count). The monoisotopic (exact) mass is 130 g/mol. The SMILES string of the molecule is [B]C([B])C1CC2CCC1C2. The van der Waals surface area contributed by atoms with Crippen molar-refractivity contribution in [3.8, 4) is 0 Å². The van der Waals surface area contributed by atoms with Gasteiger partial charge in [-0.05, 0) is 31.1 Å². The summed E-state index contributed by atoms with van der Waals surface area (Å²) in [6, 6.07) is 0. The molecule has 0 nitrogen and oxygen atoms in total. The Morgan fingerprint density at radius 3 is 2.20 bits per heavy atom. The number of rotatable bonds is 1. The van der Waals surface area contributed by atoms with Crippen molar-refractivity contribution >= 4 is 15.7 Å². The highest BCUT2D eigenvalue weighted by Gasteiger charge is 2.39. The van der Waals surface area contributed by atoms with Gasteiger partial charge < -0.3 is 0 Å². The van der Waals surface area contributed by atoms with Gasteiger partial charge in [0.1, 0.15) is 0 Å². The Hall–Kier alpha value is 0.130. The lowest BCUT2D eigenvalue weighted by molar-refractivity contribution is 0.348. The third-order valence-electron chi connectivity index (χ3n) is 3.29. The van der Waals surface area contributed by atoms with E-state index in [4.69, 9.17) is 15.7 Å². The van der Waals surface area contributed by atoms with Crippen LogP contribution in [-0.2, 0) is 0 Å². The third kappa shape index (κ3) is 0.926. The maximum atomic E-state index is 5.66. The van der Waals surface area contributed by atoms with E-state index in [-0.39, 0.29) is 5.72 Å². The number of fused-ring (bicyclic) bond motifs is 2. The van der Waals surface area contributed by atoms with E-state index in [0.717, 1.165) is 11.8 Å². The Morgan fingerprint density at radius 1 is 1.10 bits per heavy atom. The Balaban J connectivity index is 2.02. The van der Waals surface area contributed by atoms with Gasteiger partial charge in [0.05, 0.1) is 15.7 Å². The predicted octanol–water partition coefficient (Wildman–Crippen LogP) is 1.51. The van der Waals surface area contributed by atoms with Crippen LogP contribution in [0.25, 0.3) is 0 Å². The minimum Gasteiger partial charge on any atom is -0.107 e. The summed E-state index contributed by atoms with van der Waals surface area (Å²) in [7, 11) is 11.3. The van der Waals surface area contributed by atoms with E-state index in [9.17, 15) is 0 Å². The fraction of sp³-hybridized carbons (Fsp3) is 1.00. The largest absolute Gasteiger partial charge is 0.107 e. The quantitative estimate of drug-likeness (QED) is 0.471. The molecule has 2 saturated carbocycles. The van der Waals surface area contributed by atoms with Gasteiger partial charge in [-0.2, -0.15) is 0 Å². The van der Waals surface area contributed by atoms with Crippen LogP contribution in [0.5, 0.6) is 0 Å². The molecule has 3 unspecified atom stereocenters. The van der Waals surface area contributed by atoms with Crippen LogP contribution in [0.4, 0.5) is 0 Å². The van der Waals surface area contributed by atoms with Gasteiger partial charge >= 0.3 is 0 Å². The molecule has 0 spiro atoms. The zero-order valence-corrected chi connectivity index (χ0v) is 6.29. The zero-order chi connectivity index (χ0) is 7.14. The van der Waals surface area contributed by atoms with Crippen LogP contribution in [0.3, 0.4) is 0 Å². The van der Waals surface area contributed by atoms with Crippen molar-refractivity contribution in [2.75, 3.05) is 0 Å². The van der Waals surface area contributed by atoms with Gasteiger partial charge in [0, 0.05) is 0 Å². The van der Waals surface area contributed by atoms with Gasteiger partial charge in [-0.15, -0.1) is 5.72 Å². The van der Waals surface area contributed by atoms with E-state index >= 15 is 0 Å². The lowest BCUT2D eigenvalue weighted by Gasteiger charge is -2.25. The molecule has 0 heterocycles. The second-order valence-corrected chi connectivity index (χ2v) is 3.92. The van der Waals surface area contributed by atoms with Crippen molar-refractivity contribution in [1.82, 2.24) is 0 Å². The van der Waals surface area contributed by atoms with Crippen molar-refractivity contribution < 1.29 is 0 Å². The molecule has 0 amide bonds. The lowest BCUT2D eigenvalue weighted by atomic mass is 9.59. The lowest BCUT2D eigenvalue weighted by Crippen LogP contribution is -2.16. The van der Waals surface area contributed by atoms with Gasteiger partial charge in [0.25, 0.3) is 0 Å². The minimum absolute atomic E-state index is 0.0460. The summed E-state index contributed by atoms with van der Waals surface area (Å²) in [5.74, 6) is 2.51. The summed E-state index contributed by atoms with van der Waals surface area (Å²) >= 11 is 0. The van der Waals surface area contributed by atoms with Gasteiger partial charge in [0.15, 0.2) is 0 Å². The van der Waals surface area contributed by atoms with E-state index in [1.807, 2.05) is 0 Å². The molecule has 3 atom stereocenters. The van der Waals surface area contributed by atoms with E-state index in [2.05, 4.69) is 0 Å². The Bertz CT molecular complexity index is 133. The highest BCUT2D eigenvalue weighted by molar-refractivity contribution is 6.35. The first-order valence-electron chi connectivity index (χ1n) is 4.28. The van der Waals surface area contributed by atoms with Crippen LogP contribution in [0, 0.1) is 17.8 Å². The van der Waals surface area contributed by atoms with E-state index in [1.54, 1.807) is 0 Å². The van der Waals surface area contributed by atoms with Crippen LogP contribution in [0.2, 0.25) is 5.72 Å². The Labute approximate surface area is 65.6 Å². The van der Waals surface area contributed by atoms with Crippen molar-refractivity contribution in [1.29, 1.82) is 0 Å². The van der Waals surface area contributed by atoms with E-state index in [1.165, 1.54) is 25.7 Å². The van der Waals surface area contributed by atoms with Crippen LogP contribution < -0.4 is 0 Å². The van der Waals surface area contributed by atoms with Crippen molar-refractivity contribution in [3.05, 3.63) is 0 Å². The molecule has 0 aromatic rings. The second kappa shape index (κ2) is 2.32. The molecule has 10 heavy (non-hydrogen) atoms. The topological polar surface area (TPSA) is 0 Å². The molecule has 50 valence electrons. The molecule has 0 aliphatic heterocycles. The van der Waals surface area contributed by atoms with E-state index in [0.29, 0.717) is 5.92 Å². The zero-order valence-electron chi connectivity index (χ0n) is 6.29. The summed E-state index contributed by atoms with van der Waals surface area (Å²) in [6.07, 6.45) is 5.55. The van der Waals surface area contributed by atoms with Gasteiger partial charge in [-0.3, -0.25) is 0 Å². The number of hydrogen-bond donors (Lipinski definition) is 0. The van der Waals surface area contributed by atoms with Gasteiger partial charge in [-0.25, -0.2) is 0 Å². The summed E-state index contributed by atoms with van der Waals surface area (Å²) in [6.45, 7) is 0. The molecule has 4 radical (unpaired) electrons. The van der Waals surface area contributed by atoms with Crippen molar-refractivity contribution in [2.24, 2.45) is 17.8 Å². The first-order valence-corrected chi connectivity index (χ1v) is 4.28. The van der Waals surface area contributed by atoms with Crippen LogP contribution in [-0.4, -0.2) is 15.7 Å². The average Bonchev–Trinajstić information content (AvgIpc) is 2.44. The Kier molecular flexibility index (Phi) is 1.58. The highest BCUT2D eigenvalue weighted by atomic mass is 14.4. The summed E-state index contributed by atoms with van der Waals surface area (Å²) in [5, 5.41) is 0. The van der Waals surface area contributed by atoms with Crippen molar-refractivity contribution in [2.45, 2.75) is 31.4 Å². The van der Waals surface area contributed by atoms with Gasteiger partial charge in [-0.1, -0.05) is 12.3 Å². The smallest absolute Gasteiger partial charge is 0.0579 e. The van der Waals surface area contributed by atoms with Crippen LogP contribution >= 0.6 is 0 Å². The molecule has 2 aliphatic rings. The van der Waals surface area contributed by atoms with Gasteiger partial charge in [0.2, 0.25) is 0 Å². The molecule has 0 aromatic heterocycles. The third-order valence-corrected chi connectivity index (χ3v) is 3.29. The molecule has 0 N–H and O–H groups in total. The molecule has 2 heteroatoms. The second-order valence-electron chi connectivity index (χ2n) is 3.92. The number of hydrogen-bond acceptors (Lipinski definition) is 0. The van der Waals surface area contributed by atoms with E-state index < -0.39 is 0 Å². The molecule has 2 fully saturated rings. The molecular formula is C8H12B2. The predicted molar refractivity (Wildman–Crippen MR) is 44.2 cm³/mol. The van der Waals surface area contributed by atoms with Crippen LogP contribution in [0.15, 0.2) is 0 Å².